The molecule has 3 N–H and O–H groups in total. The maximum absolute atomic E-state index is 11.8. The first-order valence-electron chi connectivity index (χ1n) is 5.18. The molecule has 1 heterocycles. The van der Waals surface area contributed by atoms with Crippen molar-refractivity contribution in [2.75, 3.05) is 18.5 Å². The zero-order valence-corrected chi connectivity index (χ0v) is 10.7. The Morgan fingerprint density at radius 2 is 2.24 bits per heavy atom. The molecule has 8 heteroatoms. The number of hydrogen-bond donors (Lipinski definition) is 4. The Kier molecular flexibility index (Phi) is 6.13. The topological polar surface area (TPSA) is 69.8 Å². The molecule has 0 bridgehead atoms. The molecular formula is C9H14ClFN4OS. The summed E-state index contributed by atoms with van der Waals surface area (Å²) < 4.78 is 14.0. The number of hydrogen-bond acceptors (Lipinski definition) is 4. The van der Waals surface area contributed by atoms with Gasteiger partial charge in [-0.25, -0.2) is 4.98 Å². The normalized spacial score (nSPS) is 10.3. The molecular weight excluding hydrogens is 267 g/mol. The average Bonchev–Trinajstić information content (AvgIpc) is 2.69. The van der Waals surface area contributed by atoms with E-state index in [1.54, 1.807) is 0 Å². The van der Waals surface area contributed by atoms with Crippen molar-refractivity contribution >= 4 is 36.1 Å². The van der Waals surface area contributed by atoms with Gasteiger partial charge in [0, 0.05) is 6.54 Å². The molecule has 0 aliphatic rings. The number of alkyl halides is 1. The van der Waals surface area contributed by atoms with Crippen molar-refractivity contribution in [2.45, 2.75) is 19.3 Å². The molecule has 5 nitrogen and oxygen atoms in total. The molecule has 0 aliphatic heterocycles. The second-order valence-electron chi connectivity index (χ2n) is 3.37. The Balaban J connectivity index is 2.49. The van der Waals surface area contributed by atoms with Crippen LogP contribution in [0.4, 0.5) is 10.2 Å². The lowest BCUT2D eigenvalue weighted by Crippen LogP contribution is -2.16. The van der Waals surface area contributed by atoms with Crippen molar-refractivity contribution < 1.29 is 9.18 Å². The van der Waals surface area contributed by atoms with Gasteiger partial charge in [-0.05, 0) is 30.9 Å². The van der Waals surface area contributed by atoms with Gasteiger partial charge in [-0.15, -0.1) is 0 Å². The van der Waals surface area contributed by atoms with Crippen LogP contribution >= 0.6 is 24.4 Å². The highest BCUT2D eigenvalue weighted by Gasteiger charge is 2.15. The minimum Gasteiger partial charge on any atom is -0.368 e. The van der Waals surface area contributed by atoms with E-state index in [0.717, 1.165) is 12.8 Å². The molecule has 0 aliphatic carbocycles. The van der Waals surface area contributed by atoms with Gasteiger partial charge in [0.1, 0.15) is 0 Å². The molecule has 0 fully saturated rings. The number of aromatic amines is 1. The third-order valence-electron chi connectivity index (χ3n) is 2.11. The summed E-state index contributed by atoms with van der Waals surface area (Å²) in [6.07, 6.45) is 2.14. The number of thiol groups is 1. The van der Waals surface area contributed by atoms with E-state index in [1.807, 2.05) is 0 Å². The van der Waals surface area contributed by atoms with Gasteiger partial charge in [0.25, 0.3) is 5.91 Å². The van der Waals surface area contributed by atoms with E-state index >= 15 is 0 Å². The Hall–Kier alpha value is -0.950. The number of nitrogens with one attached hydrogen (secondary N) is 3. The molecule has 0 atom stereocenters. The van der Waals surface area contributed by atoms with E-state index in [1.165, 1.54) is 0 Å². The fraction of sp³-hybridized carbons (Fsp3) is 0.556. The fourth-order valence-corrected chi connectivity index (χ4v) is 1.59. The summed E-state index contributed by atoms with van der Waals surface area (Å²) in [5.41, 5.74) is 0.232. The van der Waals surface area contributed by atoms with Gasteiger partial charge in [-0.3, -0.25) is 13.9 Å². The number of amides is 1. The Bertz CT molecular complexity index is 374. The average molecular weight is 281 g/mol. The zero-order valence-electron chi connectivity index (χ0n) is 9.09. The van der Waals surface area contributed by atoms with Crippen LogP contribution in [0.3, 0.4) is 0 Å². The number of halogens is 2. The van der Waals surface area contributed by atoms with Crippen molar-refractivity contribution in [3.63, 3.8) is 0 Å². The van der Waals surface area contributed by atoms with Crippen LogP contribution in [0.5, 0.6) is 0 Å². The third-order valence-corrected chi connectivity index (χ3v) is 2.49. The monoisotopic (exact) mass is 280 g/mol. The molecule has 17 heavy (non-hydrogen) atoms. The first-order valence-corrected chi connectivity index (χ1v) is 6.01. The number of aromatic nitrogens is 2. The summed E-state index contributed by atoms with van der Waals surface area (Å²) in [5, 5.41) is 3.09. The summed E-state index contributed by atoms with van der Waals surface area (Å²) in [6, 6.07) is 0. The molecule has 0 saturated carbocycles. The minimum absolute atomic E-state index is 0.128. The van der Waals surface area contributed by atoms with Crippen molar-refractivity contribution in [3.05, 3.63) is 11.0 Å². The highest BCUT2D eigenvalue weighted by molar-refractivity contribution is 7.78. The minimum atomic E-state index is -0.418. The molecule has 1 aromatic heterocycles. The van der Waals surface area contributed by atoms with Gasteiger partial charge in [0.2, 0.25) is 5.28 Å². The second kappa shape index (κ2) is 7.39. The predicted octanol–water partition coefficient (Wildman–Crippen LogP) is 2.19. The Morgan fingerprint density at radius 3 is 2.88 bits per heavy atom. The summed E-state index contributed by atoms with van der Waals surface area (Å²) >= 11 is 9.33. The number of unbranched alkanes of at least 4 members (excludes halogenated alkanes) is 2. The van der Waals surface area contributed by atoms with Crippen molar-refractivity contribution in [1.29, 1.82) is 0 Å². The van der Waals surface area contributed by atoms with Crippen LogP contribution in [0.15, 0.2) is 0 Å². The number of rotatable bonds is 7. The highest BCUT2D eigenvalue weighted by Crippen LogP contribution is 2.16. The van der Waals surface area contributed by atoms with E-state index in [2.05, 4.69) is 32.8 Å². The SMILES string of the molecule is O=C(NS)c1[nH]c(Cl)nc1NCCCCCF. The molecule has 96 valence electrons. The van der Waals surface area contributed by atoms with Gasteiger partial charge in [0.05, 0.1) is 6.67 Å². The summed E-state index contributed by atoms with van der Waals surface area (Å²) in [5.74, 6) is -0.0409. The van der Waals surface area contributed by atoms with Gasteiger partial charge in [-0.2, -0.15) is 0 Å². The molecule has 0 aromatic carbocycles. The second-order valence-corrected chi connectivity index (χ2v) is 3.95. The molecule has 0 unspecified atom stereocenters. The summed E-state index contributed by atoms with van der Waals surface area (Å²) in [4.78, 5) is 17.9. The fourth-order valence-electron chi connectivity index (χ4n) is 1.30. The summed E-state index contributed by atoms with van der Waals surface area (Å²) in [6.45, 7) is 0.301. The number of carbonyl (C=O) groups is 1. The predicted molar refractivity (Wildman–Crippen MR) is 68.4 cm³/mol. The Labute approximate surface area is 109 Å². The van der Waals surface area contributed by atoms with Crippen LogP contribution in [0.1, 0.15) is 29.8 Å². The maximum atomic E-state index is 11.8. The lowest BCUT2D eigenvalue weighted by Gasteiger charge is -2.04. The number of imidazole rings is 1. The van der Waals surface area contributed by atoms with Crippen LogP contribution in [0.2, 0.25) is 5.28 Å². The molecule has 0 radical (unpaired) electrons. The molecule has 0 spiro atoms. The Morgan fingerprint density at radius 1 is 1.47 bits per heavy atom. The van der Waals surface area contributed by atoms with Crippen LogP contribution in [0.25, 0.3) is 0 Å². The summed E-state index contributed by atoms with van der Waals surface area (Å²) in [7, 11) is 0. The van der Waals surface area contributed by atoms with Crippen LogP contribution in [-0.2, 0) is 0 Å². The van der Waals surface area contributed by atoms with Crippen molar-refractivity contribution in [2.24, 2.45) is 0 Å². The number of carbonyl (C=O) groups excluding carboxylic acids is 1. The lowest BCUT2D eigenvalue weighted by molar-refractivity contribution is 0.0981. The lowest BCUT2D eigenvalue weighted by atomic mass is 10.2. The first kappa shape index (κ1) is 14.1. The maximum Gasteiger partial charge on any atom is 0.281 e. The van der Waals surface area contributed by atoms with E-state index in [0.29, 0.717) is 18.8 Å². The van der Waals surface area contributed by atoms with Gasteiger partial charge in [-0.1, -0.05) is 12.8 Å². The van der Waals surface area contributed by atoms with Gasteiger partial charge >= 0.3 is 0 Å². The van der Waals surface area contributed by atoms with Gasteiger partial charge in [0.15, 0.2) is 11.5 Å². The van der Waals surface area contributed by atoms with Crippen LogP contribution in [-0.4, -0.2) is 29.1 Å². The molecule has 1 amide bonds. The highest BCUT2D eigenvalue weighted by atomic mass is 35.5. The van der Waals surface area contributed by atoms with E-state index < -0.39 is 5.91 Å². The molecule has 1 aromatic rings. The van der Waals surface area contributed by atoms with E-state index in [-0.39, 0.29) is 17.7 Å². The van der Waals surface area contributed by atoms with Crippen LogP contribution in [0, 0.1) is 0 Å². The standard InChI is InChI=1S/C9H14ClFN4OS/c10-9-13-6(8(16)15-17)7(14-9)12-5-3-1-2-4-11/h12,17H,1-5H2,(H,13,14)(H,15,16). The van der Waals surface area contributed by atoms with Crippen molar-refractivity contribution in [3.8, 4) is 0 Å². The number of nitrogens with zero attached hydrogens (tertiary/aromatic N) is 1. The number of H-pyrrole nitrogens is 1. The quantitative estimate of drug-likeness (QED) is 0.457. The van der Waals surface area contributed by atoms with Crippen molar-refractivity contribution in [1.82, 2.24) is 14.7 Å². The molecule has 0 saturated heterocycles. The number of anilines is 1. The largest absolute Gasteiger partial charge is 0.368 e. The van der Waals surface area contributed by atoms with Crippen LogP contribution < -0.4 is 10.0 Å². The first-order chi connectivity index (χ1) is 8.19. The smallest absolute Gasteiger partial charge is 0.281 e. The third kappa shape index (κ3) is 4.43. The zero-order chi connectivity index (χ0) is 12.7. The van der Waals surface area contributed by atoms with E-state index in [9.17, 15) is 9.18 Å². The molecule has 1 rings (SSSR count). The van der Waals surface area contributed by atoms with E-state index in [4.69, 9.17) is 11.6 Å². The van der Waals surface area contributed by atoms with Gasteiger partial charge < -0.3 is 10.3 Å².